The Labute approximate surface area is 139 Å². The van der Waals surface area contributed by atoms with Gasteiger partial charge < -0.3 is 18.9 Å². The Bertz CT molecular complexity index is 599. The van der Waals surface area contributed by atoms with E-state index in [0.29, 0.717) is 0 Å². The molecule has 0 aliphatic heterocycles. The van der Waals surface area contributed by atoms with E-state index in [2.05, 4.69) is 4.99 Å². The second-order valence-corrected chi connectivity index (χ2v) is 4.39. The van der Waals surface area contributed by atoms with Crippen LogP contribution >= 0.6 is 0 Å². The molecule has 0 saturated carbocycles. The minimum Gasteiger partial charge on any atom is -0.493 e. The summed E-state index contributed by atoms with van der Waals surface area (Å²) >= 11 is 0. The van der Waals surface area contributed by atoms with Crippen LogP contribution in [0.2, 0.25) is 0 Å². The van der Waals surface area contributed by atoms with Crippen molar-refractivity contribution in [1.29, 1.82) is 0 Å². The number of halogens is 1. The van der Waals surface area contributed by atoms with Gasteiger partial charge in [0.15, 0.2) is 23.2 Å². The molecule has 8 heteroatoms. The minimum atomic E-state index is -1.38. The molecular formula is C16H20FNO6. The normalized spacial score (nSPS) is 10.8. The average molecular weight is 341 g/mol. The molecule has 0 atom stereocenters. The molecular weight excluding hydrogens is 321 g/mol. The van der Waals surface area contributed by atoms with Crippen molar-refractivity contribution in [3.05, 3.63) is 17.9 Å². The summed E-state index contributed by atoms with van der Waals surface area (Å²) in [6.45, 7) is 3.39. The van der Waals surface area contributed by atoms with Gasteiger partial charge in [-0.15, -0.1) is 0 Å². The molecule has 0 aromatic heterocycles. The van der Waals surface area contributed by atoms with Crippen LogP contribution in [0.15, 0.2) is 17.1 Å². The predicted octanol–water partition coefficient (Wildman–Crippen LogP) is 2.29. The van der Waals surface area contributed by atoms with Gasteiger partial charge in [-0.1, -0.05) is 0 Å². The van der Waals surface area contributed by atoms with Gasteiger partial charge in [0.1, 0.15) is 5.69 Å². The third-order valence-corrected chi connectivity index (χ3v) is 2.91. The highest BCUT2D eigenvalue weighted by molar-refractivity contribution is 6.09. The Morgan fingerprint density at radius 3 is 2.17 bits per heavy atom. The molecule has 0 unspecified atom stereocenters. The highest BCUT2D eigenvalue weighted by Crippen LogP contribution is 2.35. The maximum atomic E-state index is 14.3. The van der Waals surface area contributed by atoms with Crippen LogP contribution in [0.25, 0.3) is 0 Å². The molecule has 0 bridgehead atoms. The molecule has 0 aliphatic carbocycles. The summed E-state index contributed by atoms with van der Waals surface area (Å²) in [5.41, 5.74) is -0.119. The number of hydrogen-bond acceptors (Lipinski definition) is 7. The Morgan fingerprint density at radius 2 is 1.71 bits per heavy atom. The van der Waals surface area contributed by atoms with Crippen molar-refractivity contribution in [2.45, 2.75) is 13.8 Å². The molecule has 1 aromatic rings. The topological polar surface area (TPSA) is 83.4 Å². The first kappa shape index (κ1) is 19.4. The van der Waals surface area contributed by atoms with E-state index in [1.165, 1.54) is 26.4 Å². The zero-order valence-electron chi connectivity index (χ0n) is 14.0. The van der Waals surface area contributed by atoms with Crippen molar-refractivity contribution in [3.8, 4) is 11.5 Å². The molecule has 132 valence electrons. The molecule has 7 nitrogen and oxygen atoms in total. The highest BCUT2D eigenvalue weighted by Gasteiger charge is 2.28. The Morgan fingerprint density at radius 1 is 1.12 bits per heavy atom. The quantitative estimate of drug-likeness (QED) is 0.410. The number of aliphatic imine (C=N–C) groups is 1. The Balaban J connectivity index is 3.13. The van der Waals surface area contributed by atoms with Crippen molar-refractivity contribution in [1.82, 2.24) is 0 Å². The number of nitrogens with zero attached hydrogens (tertiary/aromatic N) is 1. The van der Waals surface area contributed by atoms with E-state index >= 15 is 0 Å². The number of carbonyl (C=O) groups excluding carboxylic acids is 2. The number of methoxy groups -OCH3 is 2. The van der Waals surface area contributed by atoms with Crippen LogP contribution in [-0.4, -0.2) is 45.6 Å². The fourth-order valence-electron chi connectivity index (χ4n) is 1.82. The van der Waals surface area contributed by atoms with E-state index in [0.717, 1.165) is 6.21 Å². The standard InChI is InChI=1S/C16H20FNO6/c1-5-23-15(19)10(16(20)24-6-2)9-18-11-7-8-12(21-3)14(22-4)13(11)17/h7-10H,5-6H2,1-4H3. The largest absolute Gasteiger partial charge is 0.493 e. The molecule has 0 spiro atoms. The third kappa shape index (κ3) is 4.68. The lowest BCUT2D eigenvalue weighted by Gasteiger charge is -2.11. The molecule has 0 aliphatic rings. The van der Waals surface area contributed by atoms with Gasteiger partial charge in [0.05, 0.1) is 27.4 Å². The first-order valence-electron chi connectivity index (χ1n) is 7.27. The van der Waals surface area contributed by atoms with Gasteiger partial charge in [0.25, 0.3) is 0 Å². The lowest BCUT2D eigenvalue weighted by molar-refractivity contribution is -0.157. The summed E-state index contributed by atoms with van der Waals surface area (Å²) in [5.74, 6) is -3.73. The molecule has 0 heterocycles. The lowest BCUT2D eigenvalue weighted by Crippen LogP contribution is -2.29. The number of benzene rings is 1. The first-order chi connectivity index (χ1) is 11.5. The summed E-state index contributed by atoms with van der Waals surface area (Å²) in [7, 11) is 2.66. The van der Waals surface area contributed by atoms with Crippen LogP contribution < -0.4 is 9.47 Å². The Hall–Kier alpha value is -2.64. The number of rotatable bonds is 8. The van der Waals surface area contributed by atoms with Gasteiger partial charge in [-0.3, -0.25) is 14.6 Å². The second-order valence-electron chi connectivity index (χ2n) is 4.39. The van der Waals surface area contributed by atoms with E-state index in [1.807, 2.05) is 0 Å². The van der Waals surface area contributed by atoms with E-state index in [9.17, 15) is 14.0 Å². The van der Waals surface area contributed by atoms with Crippen LogP contribution in [0.1, 0.15) is 13.8 Å². The maximum absolute atomic E-state index is 14.3. The van der Waals surface area contributed by atoms with Crippen molar-refractivity contribution in [2.24, 2.45) is 10.9 Å². The monoisotopic (exact) mass is 341 g/mol. The number of ether oxygens (including phenoxy) is 4. The summed E-state index contributed by atoms with van der Waals surface area (Å²) in [5, 5.41) is 0. The van der Waals surface area contributed by atoms with Gasteiger partial charge >= 0.3 is 11.9 Å². The SMILES string of the molecule is CCOC(=O)C(C=Nc1ccc(OC)c(OC)c1F)C(=O)OCC. The average Bonchev–Trinajstić information content (AvgIpc) is 2.56. The van der Waals surface area contributed by atoms with E-state index < -0.39 is 23.7 Å². The highest BCUT2D eigenvalue weighted by atomic mass is 19.1. The number of hydrogen-bond donors (Lipinski definition) is 0. The zero-order valence-corrected chi connectivity index (χ0v) is 14.0. The van der Waals surface area contributed by atoms with Crippen molar-refractivity contribution < 1.29 is 32.9 Å². The van der Waals surface area contributed by atoms with Gasteiger partial charge in [0.2, 0.25) is 0 Å². The maximum Gasteiger partial charge on any atom is 0.325 e. The van der Waals surface area contributed by atoms with E-state index in [-0.39, 0.29) is 30.4 Å². The molecule has 1 rings (SSSR count). The minimum absolute atomic E-state index is 0.0906. The second kappa shape index (κ2) is 9.49. The predicted molar refractivity (Wildman–Crippen MR) is 84.4 cm³/mol. The van der Waals surface area contributed by atoms with Crippen LogP contribution in [-0.2, 0) is 19.1 Å². The summed E-state index contributed by atoms with van der Waals surface area (Å²) in [6.07, 6.45) is 0.986. The fourth-order valence-corrected chi connectivity index (χ4v) is 1.82. The first-order valence-corrected chi connectivity index (χ1v) is 7.27. The van der Waals surface area contributed by atoms with Gasteiger partial charge in [0, 0.05) is 6.21 Å². The molecule has 0 N–H and O–H groups in total. The summed E-state index contributed by atoms with van der Waals surface area (Å²) in [4.78, 5) is 27.5. The van der Waals surface area contributed by atoms with Gasteiger partial charge in [-0.25, -0.2) is 4.39 Å². The molecule has 0 fully saturated rings. The summed E-state index contributed by atoms with van der Waals surface area (Å²) < 4.78 is 33.8. The van der Waals surface area contributed by atoms with E-state index in [4.69, 9.17) is 18.9 Å². The van der Waals surface area contributed by atoms with Crippen molar-refractivity contribution >= 4 is 23.8 Å². The van der Waals surface area contributed by atoms with Crippen LogP contribution in [0.3, 0.4) is 0 Å². The third-order valence-electron chi connectivity index (χ3n) is 2.91. The van der Waals surface area contributed by atoms with Gasteiger partial charge in [-0.05, 0) is 26.0 Å². The fraction of sp³-hybridized carbons (Fsp3) is 0.438. The number of carbonyl (C=O) groups is 2. The zero-order chi connectivity index (χ0) is 18.1. The van der Waals surface area contributed by atoms with Crippen LogP contribution in [0.5, 0.6) is 11.5 Å². The molecule has 0 radical (unpaired) electrons. The van der Waals surface area contributed by atoms with E-state index in [1.54, 1.807) is 13.8 Å². The number of esters is 2. The molecule has 24 heavy (non-hydrogen) atoms. The smallest absolute Gasteiger partial charge is 0.325 e. The molecule has 1 aromatic carbocycles. The Kier molecular flexibility index (Phi) is 7.67. The van der Waals surface area contributed by atoms with Crippen molar-refractivity contribution in [2.75, 3.05) is 27.4 Å². The van der Waals surface area contributed by atoms with Crippen LogP contribution in [0.4, 0.5) is 10.1 Å². The summed E-state index contributed by atoms with van der Waals surface area (Å²) in [6, 6.07) is 2.79. The molecule has 0 amide bonds. The van der Waals surface area contributed by atoms with Crippen molar-refractivity contribution in [3.63, 3.8) is 0 Å². The lowest BCUT2D eigenvalue weighted by atomic mass is 10.1. The van der Waals surface area contributed by atoms with Gasteiger partial charge in [-0.2, -0.15) is 0 Å². The van der Waals surface area contributed by atoms with Crippen LogP contribution in [0, 0.1) is 11.7 Å². The molecule has 0 saturated heterocycles.